The van der Waals surface area contributed by atoms with E-state index in [-0.39, 0.29) is 57.6 Å². The fraction of sp³-hybridized carbons (Fsp3) is 0.481. The fourth-order valence-corrected chi connectivity index (χ4v) is 8.56. The van der Waals surface area contributed by atoms with Crippen LogP contribution in [0.3, 0.4) is 0 Å². The average molecular weight is 1040 g/mol. The zero-order chi connectivity index (χ0) is 53.9. The number of piperazine rings is 1. The van der Waals surface area contributed by atoms with Gasteiger partial charge < -0.3 is 61.7 Å². The van der Waals surface area contributed by atoms with Crippen LogP contribution in [0.2, 0.25) is 0 Å². The van der Waals surface area contributed by atoms with Gasteiger partial charge in [-0.15, -0.1) is 0 Å². The van der Waals surface area contributed by atoms with E-state index in [0.717, 1.165) is 58.6 Å². The van der Waals surface area contributed by atoms with Gasteiger partial charge in [0.2, 0.25) is 23.7 Å². The number of hydrogen-bond acceptors (Lipinski definition) is 15. The van der Waals surface area contributed by atoms with Gasteiger partial charge in [0.1, 0.15) is 30.0 Å². The van der Waals surface area contributed by atoms with Crippen LogP contribution in [0.5, 0.6) is 5.75 Å². The van der Waals surface area contributed by atoms with E-state index in [1.165, 1.54) is 12.2 Å². The van der Waals surface area contributed by atoms with Crippen LogP contribution in [-0.4, -0.2) is 149 Å². The van der Waals surface area contributed by atoms with Gasteiger partial charge in [0.15, 0.2) is 5.82 Å². The van der Waals surface area contributed by atoms with Crippen LogP contribution >= 0.6 is 0 Å². The monoisotopic (exact) mass is 1040 g/mol. The van der Waals surface area contributed by atoms with E-state index in [9.17, 15) is 33.6 Å². The normalized spacial score (nSPS) is 14.5. The highest BCUT2D eigenvalue weighted by atomic mass is 16.6. The highest BCUT2D eigenvalue weighted by Crippen LogP contribution is 2.28. The van der Waals surface area contributed by atoms with Crippen LogP contribution in [0.4, 0.5) is 27.0 Å². The van der Waals surface area contributed by atoms with Crippen molar-refractivity contribution in [1.82, 2.24) is 45.2 Å². The van der Waals surface area contributed by atoms with Gasteiger partial charge >= 0.3 is 12.1 Å². The van der Waals surface area contributed by atoms with Crippen molar-refractivity contribution < 1.29 is 47.8 Å². The first-order chi connectivity index (χ1) is 36.1. The van der Waals surface area contributed by atoms with E-state index in [0.29, 0.717) is 62.8 Å². The first-order valence-corrected chi connectivity index (χ1v) is 25.4. The second kappa shape index (κ2) is 28.0. The standard InChI is InChI=1S/C52H71N13O10/c1-5-6-7-20-55-47-46-39(59-50(53)61-47)18-22-64(46)32-37-13-10-36(30-41(37)73-4)31-62-23-25-63(26-24-62)52(72)75-33-35-11-14-38(15-12-35)57-48(69)40(9-8-21-56-51(54)71)58-49(70)45(34(2)3)60-42(66)19-28-74-29-27-65-43(67)16-17-44(65)68/h10-18,22,30,34,40,45H,5-9,19-21,23-29,31-33H2,1-4H3,(H,57,69)(H,58,70)(H,60,66)(H3,54,56,71)(H3,53,55,59,61)/t40-,45-/m0/s1. The molecule has 23 heteroatoms. The van der Waals surface area contributed by atoms with E-state index >= 15 is 0 Å². The highest BCUT2D eigenvalue weighted by molar-refractivity contribution is 6.12. The van der Waals surface area contributed by atoms with E-state index in [2.05, 4.69) is 71.1 Å². The molecule has 75 heavy (non-hydrogen) atoms. The maximum atomic E-state index is 13.6. The number of nitrogen functional groups attached to an aromatic ring is 1. The second-order valence-corrected chi connectivity index (χ2v) is 18.7. The number of amides is 8. The summed E-state index contributed by atoms with van der Waals surface area (Å²) in [6.45, 7) is 10.2. The van der Waals surface area contributed by atoms with Gasteiger partial charge in [-0.1, -0.05) is 57.9 Å². The summed E-state index contributed by atoms with van der Waals surface area (Å²) >= 11 is 0. The Morgan fingerprint density at radius 3 is 2.25 bits per heavy atom. The first-order valence-electron chi connectivity index (χ1n) is 25.4. The third-order valence-corrected chi connectivity index (χ3v) is 12.7. The maximum Gasteiger partial charge on any atom is 0.410 e. The summed E-state index contributed by atoms with van der Waals surface area (Å²) in [6, 6.07) is 12.1. The molecule has 2 atom stereocenters. The van der Waals surface area contributed by atoms with Gasteiger partial charge in [0.05, 0.1) is 38.9 Å². The molecule has 4 aromatic rings. The van der Waals surface area contributed by atoms with Gasteiger partial charge in [-0.05, 0) is 60.6 Å². The molecular weight excluding hydrogens is 967 g/mol. The number of nitrogens with zero attached hydrogens (tertiary/aromatic N) is 6. The summed E-state index contributed by atoms with van der Waals surface area (Å²) in [5.74, 6) is -1.11. The van der Waals surface area contributed by atoms with E-state index in [4.69, 9.17) is 25.7 Å². The molecule has 4 heterocycles. The average Bonchev–Trinajstić information content (AvgIpc) is 3.94. The number of carbonyl (C=O) groups excluding carboxylic acids is 7. The van der Waals surface area contributed by atoms with E-state index in [1.807, 2.05) is 12.3 Å². The number of aromatic nitrogens is 3. The maximum absolute atomic E-state index is 13.6. The number of methoxy groups -OCH3 is 1. The van der Waals surface area contributed by atoms with Crippen molar-refractivity contribution in [3.63, 3.8) is 0 Å². The summed E-state index contributed by atoms with van der Waals surface area (Å²) in [7, 11) is 1.67. The Kier molecular flexibility index (Phi) is 21.1. The van der Waals surface area contributed by atoms with Crippen molar-refractivity contribution in [2.45, 2.75) is 91.1 Å². The first kappa shape index (κ1) is 56.5. The number of unbranched alkanes of at least 4 members (excludes halogenated alkanes) is 2. The molecule has 0 spiro atoms. The van der Waals surface area contributed by atoms with Crippen molar-refractivity contribution in [3.05, 3.63) is 83.6 Å². The minimum absolute atomic E-state index is 0.00834. The molecule has 2 aliphatic rings. The number of hydrogen-bond donors (Lipinski definition) is 7. The Morgan fingerprint density at radius 1 is 0.827 bits per heavy atom. The van der Waals surface area contributed by atoms with Crippen molar-refractivity contribution in [3.8, 4) is 5.75 Å². The quantitative estimate of drug-likeness (QED) is 0.0317. The lowest BCUT2D eigenvalue weighted by Crippen LogP contribution is -2.54. The van der Waals surface area contributed by atoms with Crippen LogP contribution < -0.4 is 42.8 Å². The van der Waals surface area contributed by atoms with Gasteiger partial charge in [-0.25, -0.2) is 14.6 Å². The zero-order valence-electron chi connectivity index (χ0n) is 43.2. The van der Waals surface area contributed by atoms with Crippen LogP contribution in [-0.2, 0) is 53.1 Å². The summed E-state index contributed by atoms with van der Waals surface area (Å²) in [5.41, 5.74) is 16.1. The predicted octanol–water partition coefficient (Wildman–Crippen LogP) is 3.47. The number of rotatable bonds is 28. The number of ether oxygens (including phenoxy) is 3. The molecule has 8 amide bonds. The molecule has 23 nitrogen and oxygen atoms in total. The molecule has 2 aliphatic heterocycles. The van der Waals surface area contributed by atoms with Gasteiger partial charge in [0, 0.05) is 81.8 Å². The Labute approximate surface area is 436 Å². The smallest absolute Gasteiger partial charge is 0.410 e. The van der Waals surface area contributed by atoms with Crippen LogP contribution in [0, 0.1) is 5.92 Å². The number of fused-ring (bicyclic) bond motifs is 1. The molecular formula is C52H71N13O10. The molecule has 2 aromatic heterocycles. The molecule has 0 bridgehead atoms. The topological polar surface area (TPSA) is 300 Å². The number of imide groups is 1. The third kappa shape index (κ3) is 16.9. The molecule has 404 valence electrons. The molecule has 0 radical (unpaired) electrons. The van der Waals surface area contributed by atoms with Crippen LogP contribution in [0.15, 0.2) is 66.9 Å². The fourth-order valence-electron chi connectivity index (χ4n) is 8.56. The lowest BCUT2D eigenvalue weighted by molar-refractivity contribution is -0.138. The van der Waals surface area contributed by atoms with E-state index < -0.39 is 53.7 Å². The number of nitrogens with two attached hydrogens (primary N) is 2. The Balaban J connectivity index is 0.944. The van der Waals surface area contributed by atoms with Gasteiger partial charge in [-0.3, -0.25) is 33.8 Å². The highest BCUT2D eigenvalue weighted by Gasteiger charge is 2.30. The number of urea groups is 1. The van der Waals surface area contributed by atoms with Crippen LogP contribution in [0.25, 0.3) is 11.0 Å². The second-order valence-electron chi connectivity index (χ2n) is 18.7. The van der Waals surface area contributed by atoms with Crippen molar-refractivity contribution in [2.24, 2.45) is 11.7 Å². The Bertz CT molecular complexity index is 2630. The summed E-state index contributed by atoms with van der Waals surface area (Å²) in [5, 5.41) is 14.2. The molecule has 0 saturated carbocycles. The molecule has 9 N–H and O–H groups in total. The molecule has 1 saturated heterocycles. The Hall–Kier alpha value is -7.79. The minimum Gasteiger partial charge on any atom is -0.496 e. The lowest BCUT2D eigenvalue weighted by atomic mass is 10.0. The predicted molar refractivity (Wildman–Crippen MR) is 281 cm³/mol. The van der Waals surface area contributed by atoms with Crippen molar-refractivity contribution in [1.29, 1.82) is 0 Å². The minimum atomic E-state index is -1.06. The van der Waals surface area contributed by atoms with E-state index in [1.54, 1.807) is 50.1 Å². The van der Waals surface area contributed by atoms with Crippen LogP contribution in [0.1, 0.15) is 76.0 Å². The molecule has 0 aliphatic carbocycles. The number of carbonyl (C=O) groups is 7. The van der Waals surface area contributed by atoms with Crippen molar-refractivity contribution in [2.75, 3.05) is 82.5 Å². The number of nitrogens with one attached hydrogen (secondary N) is 5. The zero-order valence-corrected chi connectivity index (χ0v) is 43.2. The molecule has 2 aromatic carbocycles. The molecule has 0 unspecified atom stereocenters. The summed E-state index contributed by atoms with van der Waals surface area (Å²) in [6.07, 6.45) is 7.52. The summed E-state index contributed by atoms with van der Waals surface area (Å²) < 4.78 is 19.1. The number of benzene rings is 2. The molecule has 6 rings (SSSR count). The van der Waals surface area contributed by atoms with Gasteiger partial charge in [-0.2, -0.15) is 4.98 Å². The molecule has 1 fully saturated rings. The number of anilines is 3. The SMILES string of the molecule is CCCCCNc1nc(N)nc2ccn(Cc3ccc(CN4CCN(C(=O)OCc5ccc(NC(=O)[C@H](CCCNC(N)=O)NC(=O)[C@@H](NC(=O)CCOCCN6C(=O)C=CC6=O)C(C)C)cc5)CC4)cc3OC)c12. The largest absolute Gasteiger partial charge is 0.496 e. The number of primary amides is 1. The van der Waals surface area contributed by atoms with Crippen molar-refractivity contribution >= 4 is 70.1 Å². The lowest BCUT2D eigenvalue weighted by Gasteiger charge is -2.34. The van der Waals surface area contributed by atoms with Gasteiger partial charge in [0.25, 0.3) is 11.8 Å². The summed E-state index contributed by atoms with van der Waals surface area (Å²) in [4.78, 5) is 102. The third-order valence-electron chi connectivity index (χ3n) is 12.7. The Morgan fingerprint density at radius 2 is 1.56 bits per heavy atom.